The molecule has 0 bridgehead atoms. The van der Waals surface area contributed by atoms with Gasteiger partial charge >= 0.3 is 0 Å². The van der Waals surface area contributed by atoms with Gasteiger partial charge in [-0.15, -0.1) is 0 Å². The van der Waals surface area contributed by atoms with E-state index in [1.165, 1.54) is 0 Å². The zero-order valence-corrected chi connectivity index (χ0v) is 11.1. The van der Waals surface area contributed by atoms with Crippen molar-refractivity contribution in [1.29, 1.82) is 0 Å². The van der Waals surface area contributed by atoms with Crippen LogP contribution < -0.4 is 5.32 Å². The van der Waals surface area contributed by atoms with Gasteiger partial charge in [-0.3, -0.25) is 9.48 Å². The second kappa shape index (κ2) is 5.46. The number of carbonyl (C=O) groups excluding carboxylic acids is 1. The zero-order valence-electron chi connectivity index (χ0n) is 11.1. The van der Waals surface area contributed by atoms with Crippen molar-refractivity contribution in [2.24, 2.45) is 0 Å². The summed E-state index contributed by atoms with van der Waals surface area (Å²) in [6.07, 6.45) is 3.93. The minimum Gasteiger partial charge on any atom is -0.390 e. The number of aliphatic hydroxyl groups is 1. The van der Waals surface area contributed by atoms with Gasteiger partial charge in [-0.05, 0) is 17.2 Å². The quantitative estimate of drug-likeness (QED) is 0.873. The van der Waals surface area contributed by atoms with Crippen LogP contribution in [0.25, 0.3) is 0 Å². The average Bonchev–Trinajstić information content (AvgIpc) is 3.06. The monoisotopic (exact) mass is 271 g/mol. The molecule has 20 heavy (non-hydrogen) atoms. The maximum Gasteiger partial charge on any atom is 0.222 e. The summed E-state index contributed by atoms with van der Waals surface area (Å²) >= 11 is 0. The number of nitrogens with one attached hydrogen (secondary N) is 1. The summed E-state index contributed by atoms with van der Waals surface area (Å²) in [7, 11) is 0. The number of rotatable bonds is 4. The fourth-order valence-corrected chi connectivity index (χ4v) is 2.64. The Morgan fingerprint density at radius 3 is 3.05 bits per heavy atom. The number of aromatic nitrogens is 2. The molecule has 1 amide bonds. The minimum absolute atomic E-state index is 0.0683. The lowest BCUT2D eigenvalue weighted by molar-refractivity contribution is -0.122. The number of hydrogen-bond donors (Lipinski definition) is 2. The summed E-state index contributed by atoms with van der Waals surface area (Å²) in [4.78, 5) is 12.0. The molecule has 0 aliphatic heterocycles. The van der Waals surface area contributed by atoms with Gasteiger partial charge in [-0.25, -0.2) is 0 Å². The van der Waals surface area contributed by atoms with Crippen molar-refractivity contribution in [3.63, 3.8) is 0 Å². The summed E-state index contributed by atoms with van der Waals surface area (Å²) in [6, 6.07) is 9.37. The van der Waals surface area contributed by atoms with Crippen molar-refractivity contribution in [2.75, 3.05) is 0 Å². The Morgan fingerprint density at radius 2 is 2.25 bits per heavy atom. The van der Waals surface area contributed by atoms with E-state index in [0.717, 1.165) is 11.1 Å². The Morgan fingerprint density at radius 1 is 1.40 bits per heavy atom. The number of aryl methyl sites for hydroxylation is 1. The molecule has 0 saturated carbocycles. The van der Waals surface area contributed by atoms with E-state index in [-0.39, 0.29) is 11.9 Å². The molecule has 0 fully saturated rings. The Balaban J connectivity index is 1.61. The van der Waals surface area contributed by atoms with E-state index >= 15 is 0 Å². The van der Waals surface area contributed by atoms with E-state index < -0.39 is 6.10 Å². The molecule has 0 saturated heterocycles. The Hall–Kier alpha value is -2.14. The molecule has 1 aromatic heterocycles. The lowest BCUT2D eigenvalue weighted by Gasteiger charge is -2.18. The molecule has 2 N–H and O–H groups in total. The van der Waals surface area contributed by atoms with Crippen LogP contribution in [0.5, 0.6) is 0 Å². The number of nitrogens with zero attached hydrogens (tertiary/aromatic N) is 2. The molecule has 1 aromatic carbocycles. The number of hydrogen-bond acceptors (Lipinski definition) is 3. The van der Waals surface area contributed by atoms with Gasteiger partial charge in [0, 0.05) is 31.8 Å². The predicted octanol–water partition coefficient (Wildman–Crippen LogP) is 1.05. The number of aliphatic hydroxyl groups excluding tert-OH is 1. The van der Waals surface area contributed by atoms with Crippen LogP contribution in [0.2, 0.25) is 0 Å². The molecule has 2 unspecified atom stereocenters. The molecule has 0 radical (unpaired) electrons. The van der Waals surface area contributed by atoms with E-state index in [2.05, 4.69) is 10.4 Å². The van der Waals surface area contributed by atoms with Crippen molar-refractivity contribution in [3.8, 4) is 0 Å². The molecular formula is C15H17N3O2. The van der Waals surface area contributed by atoms with Crippen molar-refractivity contribution in [3.05, 3.63) is 53.9 Å². The predicted molar refractivity (Wildman–Crippen MR) is 73.9 cm³/mol. The van der Waals surface area contributed by atoms with Crippen LogP contribution >= 0.6 is 0 Å². The topological polar surface area (TPSA) is 67.2 Å². The highest BCUT2D eigenvalue weighted by atomic mass is 16.3. The first-order valence-corrected chi connectivity index (χ1v) is 6.77. The maximum absolute atomic E-state index is 12.0. The van der Waals surface area contributed by atoms with Gasteiger partial charge in [0.15, 0.2) is 0 Å². The Kier molecular flexibility index (Phi) is 3.52. The molecule has 5 nitrogen and oxygen atoms in total. The third kappa shape index (κ3) is 2.58. The smallest absolute Gasteiger partial charge is 0.222 e. The molecule has 0 spiro atoms. The van der Waals surface area contributed by atoms with Crippen LogP contribution in [-0.2, 0) is 17.8 Å². The normalized spacial score (nSPS) is 20.6. The number of carbonyl (C=O) groups is 1. The highest BCUT2D eigenvalue weighted by Gasteiger charge is 2.31. The fraction of sp³-hybridized carbons (Fsp3) is 0.333. The van der Waals surface area contributed by atoms with E-state index in [1.807, 2.05) is 36.5 Å². The van der Waals surface area contributed by atoms with Crippen LogP contribution in [0.15, 0.2) is 42.7 Å². The third-order valence-electron chi connectivity index (χ3n) is 3.65. The van der Waals surface area contributed by atoms with Gasteiger partial charge in [0.25, 0.3) is 0 Å². The van der Waals surface area contributed by atoms with E-state index in [1.54, 1.807) is 10.9 Å². The summed E-state index contributed by atoms with van der Waals surface area (Å²) in [5.74, 6) is -0.0683. The Labute approximate surface area is 117 Å². The minimum atomic E-state index is -0.541. The van der Waals surface area contributed by atoms with Crippen LogP contribution in [-0.4, -0.2) is 26.9 Å². The zero-order chi connectivity index (χ0) is 13.9. The largest absolute Gasteiger partial charge is 0.390 e. The van der Waals surface area contributed by atoms with Crippen molar-refractivity contribution in [1.82, 2.24) is 15.1 Å². The fourth-order valence-electron chi connectivity index (χ4n) is 2.64. The molecule has 2 atom stereocenters. The second-order valence-corrected chi connectivity index (χ2v) is 5.03. The van der Waals surface area contributed by atoms with Gasteiger partial charge in [-0.2, -0.15) is 5.10 Å². The molecule has 1 aliphatic carbocycles. The van der Waals surface area contributed by atoms with Crippen LogP contribution in [0.4, 0.5) is 0 Å². The van der Waals surface area contributed by atoms with Gasteiger partial charge in [-0.1, -0.05) is 24.3 Å². The lowest BCUT2D eigenvalue weighted by Crippen LogP contribution is -2.34. The third-order valence-corrected chi connectivity index (χ3v) is 3.65. The van der Waals surface area contributed by atoms with Crippen molar-refractivity contribution >= 4 is 5.91 Å². The first-order chi connectivity index (χ1) is 9.74. The summed E-state index contributed by atoms with van der Waals surface area (Å²) in [5, 5.41) is 17.1. The summed E-state index contributed by atoms with van der Waals surface area (Å²) in [5.41, 5.74) is 2.13. The molecule has 5 heteroatoms. The van der Waals surface area contributed by atoms with Gasteiger partial charge in [0.1, 0.15) is 0 Å². The van der Waals surface area contributed by atoms with Crippen molar-refractivity contribution < 1.29 is 9.90 Å². The molecule has 104 valence electrons. The van der Waals surface area contributed by atoms with E-state index in [9.17, 15) is 9.90 Å². The van der Waals surface area contributed by atoms with Crippen LogP contribution in [0.1, 0.15) is 23.6 Å². The molecule has 1 heterocycles. The maximum atomic E-state index is 12.0. The lowest BCUT2D eigenvalue weighted by atomic mass is 10.1. The summed E-state index contributed by atoms with van der Waals surface area (Å²) < 4.78 is 1.72. The highest BCUT2D eigenvalue weighted by molar-refractivity contribution is 5.76. The van der Waals surface area contributed by atoms with E-state index in [4.69, 9.17) is 0 Å². The number of fused-ring (bicyclic) bond motifs is 1. The second-order valence-electron chi connectivity index (χ2n) is 5.03. The van der Waals surface area contributed by atoms with Gasteiger partial charge in [0.05, 0.1) is 12.1 Å². The Bertz CT molecular complexity index is 595. The highest BCUT2D eigenvalue weighted by Crippen LogP contribution is 2.31. The average molecular weight is 271 g/mol. The van der Waals surface area contributed by atoms with Gasteiger partial charge in [0.2, 0.25) is 5.91 Å². The number of amides is 1. The SMILES string of the molecule is O=C(CCn1cccn1)NC1c2ccccc2CC1O. The summed E-state index contributed by atoms with van der Waals surface area (Å²) in [6.45, 7) is 0.545. The molecule has 3 rings (SSSR count). The van der Waals surface area contributed by atoms with Crippen LogP contribution in [0, 0.1) is 0 Å². The standard InChI is InChI=1S/C15H17N3O2/c19-13-10-11-4-1-2-5-12(11)15(13)17-14(20)6-9-18-8-3-7-16-18/h1-5,7-8,13,15,19H,6,9-10H2,(H,17,20). The first kappa shape index (κ1) is 12.9. The number of benzene rings is 1. The van der Waals surface area contributed by atoms with Gasteiger partial charge < -0.3 is 10.4 Å². The molecule has 2 aromatic rings. The molecular weight excluding hydrogens is 254 g/mol. The van der Waals surface area contributed by atoms with E-state index in [0.29, 0.717) is 19.4 Å². The first-order valence-electron chi connectivity index (χ1n) is 6.77. The van der Waals surface area contributed by atoms with Crippen LogP contribution in [0.3, 0.4) is 0 Å². The van der Waals surface area contributed by atoms with Crippen molar-refractivity contribution in [2.45, 2.75) is 31.5 Å². The molecule has 1 aliphatic rings.